The summed E-state index contributed by atoms with van der Waals surface area (Å²) in [6, 6.07) is 14.2. The third-order valence-corrected chi connectivity index (χ3v) is 4.27. The van der Waals surface area contributed by atoms with Gasteiger partial charge in [-0.2, -0.15) is 4.98 Å². The van der Waals surface area contributed by atoms with Gasteiger partial charge in [-0.25, -0.2) is 0 Å². The maximum Gasteiger partial charge on any atom is 0.263 e. The van der Waals surface area contributed by atoms with Crippen LogP contribution in [0.2, 0.25) is 5.02 Å². The maximum absolute atomic E-state index is 12.6. The van der Waals surface area contributed by atoms with Crippen LogP contribution in [0.4, 0.5) is 0 Å². The summed E-state index contributed by atoms with van der Waals surface area (Å²) in [5.41, 5.74) is 0.781. The van der Waals surface area contributed by atoms with Crippen LogP contribution >= 0.6 is 11.6 Å². The Bertz CT molecular complexity index is 943. The number of ether oxygens (including phenoxy) is 2. The van der Waals surface area contributed by atoms with E-state index in [1.165, 1.54) is 4.90 Å². The van der Waals surface area contributed by atoms with Gasteiger partial charge in [0.05, 0.1) is 13.7 Å². The van der Waals surface area contributed by atoms with Gasteiger partial charge < -0.3 is 18.9 Å². The minimum Gasteiger partial charge on any atom is -0.497 e. The van der Waals surface area contributed by atoms with Crippen molar-refractivity contribution in [2.24, 2.45) is 0 Å². The molecule has 3 aromatic rings. The van der Waals surface area contributed by atoms with E-state index in [4.69, 9.17) is 25.6 Å². The molecule has 0 N–H and O–H groups in total. The second-order valence-electron chi connectivity index (χ2n) is 6.15. The van der Waals surface area contributed by atoms with E-state index in [0.29, 0.717) is 28.2 Å². The largest absolute Gasteiger partial charge is 0.497 e. The minimum atomic E-state index is -0.684. The summed E-state index contributed by atoms with van der Waals surface area (Å²) in [5, 5.41) is 4.58. The summed E-state index contributed by atoms with van der Waals surface area (Å²) in [7, 11) is 3.23. The highest BCUT2D eigenvalue weighted by Crippen LogP contribution is 2.21. The van der Waals surface area contributed by atoms with Crippen molar-refractivity contribution in [3.8, 4) is 22.9 Å². The normalized spacial score (nSPS) is 11.7. The smallest absolute Gasteiger partial charge is 0.263 e. The maximum atomic E-state index is 12.6. The average Bonchev–Trinajstić information content (AvgIpc) is 3.16. The third-order valence-electron chi connectivity index (χ3n) is 4.02. The summed E-state index contributed by atoms with van der Waals surface area (Å²) in [6.45, 7) is 1.86. The lowest BCUT2D eigenvalue weighted by Gasteiger charge is -2.20. The summed E-state index contributed by atoms with van der Waals surface area (Å²) in [6.07, 6.45) is -0.684. The van der Waals surface area contributed by atoms with Crippen LogP contribution in [0.1, 0.15) is 12.8 Å². The molecule has 0 aliphatic heterocycles. The van der Waals surface area contributed by atoms with E-state index in [0.717, 1.165) is 5.56 Å². The van der Waals surface area contributed by atoms with E-state index < -0.39 is 6.10 Å². The second kappa shape index (κ2) is 8.75. The molecule has 3 rings (SSSR count). The molecule has 2 aromatic carbocycles. The second-order valence-corrected chi connectivity index (χ2v) is 6.59. The first kappa shape index (κ1) is 19.7. The summed E-state index contributed by atoms with van der Waals surface area (Å²) < 4.78 is 16.1. The third kappa shape index (κ3) is 4.80. The van der Waals surface area contributed by atoms with Crippen LogP contribution in [0.5, 0.6) is 11.5 Å². The van der Waals surface area contributed by atoms with E-state index in [1.54, 1.807) is 69.6 Å². The number of hydrogen-bond acceptors (Lipinski definition) is 6. The molecule has 0 fully saturated rings. The highest BCUT2D eigenvalue weighted by atomic mass is 35.5. The first-order valence-corrected chi connectivity index (χ1v) is 8.98. The number of likely N-dealkylation sites (N-methyl/N-ethyl adjacent to an activating group) is 1. The lowest BCUT2D eigenvalue weighted by atomic mass is 10.2. The summed E-state index contributed by atoms with van der Waals surface area (Å²) in [4.78, 5) is 18.4. The predicted molar refractivity (Wildman–Crippen MR) is 104 cm³/mol. The van der Waals surface area contributed by atoms with Crippen molar-refractivity contribution >= 4 is 17.5 Å². The molecular weight excluding hydrogens is 382 g/mol. The zero-order valence-corrected chi connectivity index (χ0v) is 16.5. The van der Waals surface area contributed by atoms with E-state index in [-0.39, 0.29) is 12.5 Å². The number of amides is 1. The Morgan fingerprint density at radius 1 is 1.21 bits per heavy atom. The SMILES string of the molecule is COc1cccc(O[C@H](C)C(=O)N(C)Cc2nc(-c3ccc(Cl)cc3)no2)c1. The fourth-order valence-corrected chi connectivity index (χ4v) is 2.68. The van der Waals surface area contributed by atoms with Crippen molar-refractivity contribution in [2.45, 2.75) is 19.6 Å². The number of hydrogen-bond donors (Lipinski definition) is 0. The molecule has 28 heavy (non-hydrogen) atoms. The van der Waals surface area contributed by atoms with Gasteiger partial charge in [-0.1, -0.05) is 22.8 Å². The number of aromatic nitrogens is 2. The molecule has 0 saturated carbocycles. The molecule has 0 bridgehead atoms. The molecule has 1 atom stereocenters. The Morgan fingerprint density at radius 3 is 2.64 bits per heavy atom. The van der Waals surface area contributed by atoms with Gasteiger partial charge in [0.2, 0.25) is 11.7 Å². The van der Waals surface area contributed by atoms with Crippen molar-refractivity contribution < 1.29 is 18.8 Å². The fourth-order valence-electron chi connectivity index (χ4n) is 2.56. The number of nitrogens with zero attached hydrogens (tertiary/aromatic N) is 3. The highest BCUT2D eigenvalue weighted by molar-refractivity contribution is 6.30. The Kier molecular flexibility index (Phi) is 6.16. The number of benzene rings is 2. The van der Waals surface area contributed by atoms with E-state index in [1.807, 2.05) is 0 Å². The van der Waals surface area contributed by atoms with Gasteiger partial charge in [0, 0.05) is 23.7 Å². The molecule has 0 radical (unpaired) electrons. The van der Waals surface area contributed by atoms with Gasteiger partial charge in [-0.3, -0.25) is 4.79 Å². The first-order valence-electron chi connectivity index (χ1n) is 8.60. The summed E-state index contributed by atoms with van der Waals surface area (Å²) in [5.74, 6) is 1.76. The van der Waals surface area contributed by atoms with E-state index in [2.05, 4.69) is 10.1 Å². The Labute approximate surface area is 167 Å². The molecule has 8 heteroatoms. The molecule has 7 nitrogen and oxygen atoms in total. The molecule has 1 aromatic heterocycles. The molecule has 0 spiro atoms. The molecule has 0 saturated heterocycles. The van der Waals surface area contributed by atoms with Gasteiger partial charge in [0.1, 0.15) is 11.5 Å². The van der Waals surface area contributed by atoms with E-state index >= 15 is 0 Å². The average molecular weight is 402 g/mol. The monoisotopic (exact) mass is 401 g/mol. The molecule has 0 aliphatic carbocycles. The van der Waals surface area contributed by atoms with Crippen LogP contribution in [-0.2, 0) is 11.3 Å². The Balaban J connectivity index is 1.61. The van der Waals surface area contributed by atoms with E-state index in [9.17, 15) is 4.79 Å². The van der Waals surface area contributed by atoms with Crippen LogP contribution < -0.4 is 9.47 Å². The van der Waals surface area contributed by atoms with Crippen molar-refractivity contribution in [2.75, 3.05) is 14.2 Å². The van der Waals surface area contributed by atoms with Crippen LogP contribution in [0, 0.1) is 0 Å². The Hall–Kier alpha value is -3.06. The lowest BCUT2D eigenvalue weighted by Crippen LogP contribution is -2.37. The topological polar surface area (TPSA) is 77.7 Å². The standard InChI is InChI=1S/C20H20ClN3O4/c1-13(27-17-6-4-5-16(11-17)26-3)20(25)24(2)12-18-22-19(23-28-18)14-7-9-15(21)10-8-14/h4-11,13H,12H2,1-3H3/t13-/m1/s1. The number of carbonyl (C=O) groups excluding carboxylic acids is 1. The van der Waals surface area contributed by atoms with Crippen LogP contribution in [0.15, 0.2) is 53.1 Å². The number of methoxy groups -OCH3 is 1. The van der Waals surface area contributed by atoms with Crippen molar-refractivity contribution in [3.05, 3.63) is 59.4 Å². The van der Waals surface area contributed by atoms with Gasteiger partial charge >= 0.3 is 0 Å². The van der Waals surface area contributed by atoms with Crippen LogP contribution in [0.3, 0.4) is 0 Å². The molecule has 146 valence electrons. The van der Waals surface area contributed by atoms with Gasteiger partial charge in [-0.05, 0) is 43.3 Å². The number of rotatable bonds is 7. The molecular formula is C20H20ClN3O4. The minimum absolute atomic E-state index is 0.172. The number of carbonyl (C=O) groups is 1. The molecule has 1 heterocycles. The molecule has 0 aliphatic rings. The zero-order chi connectivity index (χ0) is 20.1. The van der Waals surface area contributed by atoms with Crippen molar-refractivity contribution in [1.29, 1.82) is 0 Å². The van der Waals surface area contributed by atoms with Crippen LogP contribution in [0.25, 0.3) is 11.4 Å². The Morgan fingerprint density at radius 2 is 1.93 bits per heavy atom. The zero-order valence-electron chi connectivity index (χ0n) is 15.8. The van der Waals surface area contributed by atoms with Crippen molar-refractivity contribution in [3.63, 3.8) is 0 Å². The molecule has 0 unspecified atom stereocenters. The van der Waals surface area contributed by atoms with Gasteiger partial charge in [0.15, 0.2) is 6.10 Å². The lowest BCUT2D eigenvalue weighted by molar-refractivity contribution is -0.137. The predicted octanol–water partition coefficient (Wildman–Crippen LogP) is 3.82. The van der Waals surface area contributed by atoms with Gasteiger partial charge in [0.25, 0.3) is 5.91 Å². The quantitative estimate of drug-likeness (QED) is 0.598. The van der Waals surface area contributed by atoms with Gasteiger partial charge in [-0.15, -0.1) is 0 Å². The van der Waals surface area contributed by atoms with Crippen molar-refractivity contribution in [1.82, 2.24) is 15.0 Å². The fraction of sp³-hybridized carbons (Fsp3) is 0.250. The van der Waals surface area contributed by atoms with Crippen LogP contribution in [-0.4, -0.2) is 41.2 Å². The highest BCUT2D eigenvalue weighted by Gasteiger charge is 2.21. The summed E-state index contributed by atoms with van der Waals surface area (Å²) >= 11 is 5.89. The number of halogens is 1. The molecule has 1 amide bonds. The first-order chi connectivity index (χ1) is 13.5.